The van der Waals surface area contributed by atoms with Gasteiger partial charge in [0.05, 0.1) is 6.33 Å². The summed E-state index contributed by atoms with van der Waals surface area (Å²) in [6, 6.07) is 0.433. The van der Waals surface area contributed by atoms with Gasteiger partial charge in [-0.3, -0.25) is 0 Å². The number of nitrogens with zero attached hydrogens (tertiary/aromatic N) is 2. The summed E-state index contributed by atoms with van der Waals surface area (Å²) in [6.07, 6.45) is 10.8. The van der Waals surface area contributed by atoms with Gasteiger partial charge in [-0.15, -0.1) is 24.8 Å². The number of halogens is 2. The Labute approximate surface area is 103 Å². The van der Waals surface area contributed by atoms with Gasteiger partial charge in [-0.2, -0.15) is 0 Å². The molecule has 2 rings (SSSR count). The molecule has 0 bridgehead atoms. The maximum absolute atomic E-state index is 5.93. The maximum Gasteiger partial charge on any atom is 0.0945 e. The van der Waals surface area contributed by atoms with Crippen molar-refractivity contribution in [2.24, 2.45) is 11.7 Å². The molecule has 1 fully saturated rings. The second-order valence-electron chi connectivity index (χ2n) is 4.05. The van der Waals surface area contributed by atoms with Crippen molar-refractivity contribution in [3.05, 3.63) is 18.7 Å². The highest BCUT2D eigenvalue weighted by molar-refractivity contribution is 5.85. The Balaban J connectivity index is 0.000000980. The van der Waals surface area contributed by atoms with E-state index in [1.54, 1.807) is 0 Å². The lowest BCUT2D eigenvalue weighted by Crippen LogP contribution is -2.29. The summed E-state index contributed by atoms with van der Waals surface area (Å²) in [5.74, 6) is 0.762. The van der Waals surface area contributed by atoms with Crippen LogP contribution in [0.15, 0.2) is 18.7 Å². The highest BCUT2D eigenvalue weighted by Crippen LogP contribution is 2.24. The van der Waals surface area contributed by atoms with Crippen LogP contribution in [0, 0.1) is 5.92 Å². The minimum absolute atomic E-state index is 0. The summed E-state index contributed by atoms with van der Waals surface area (Å²) in [5.41, 5.74) is 5.93. The molecule has 2 atom stereocenters. The number of aromatic nitrogens is 2. The summed E-state index contributed by atoms with van der Waals surface area (Å²) in [7, 11) is 0. The van der Waals surface area contributed by atoms with Crippen molar-refractivity contribution in [1.29, 1.82) is 0 Å². The van der Waals surface area contributed by atoms with Crippen LogP contribution in [0.5, 0.6) is 0 Å². The molecule has 15 heavy (non-hydrogen) atoms. The second kappa shape index (κ2) is 7.09. The van der Waals surface area contributed by atoms with E-state index in [9.17, 15) is 0 Å². The molecule has 1 aliphatic carbocycles. The fourth-order valence-corrected chi connectivity index (χ4v) is 2.19. The van der Waals surface area contributed by atoms with Crippen LogP contribution in [0.25, 0.3) is 0 Å². The predicted octanol–water partition coefficient (Wildman–Crippen LogP) is 2.24. The zero-order chi connectivity index (χ0) is 9.10. The summed E-state index contributed by atoms with van der Waals surface area (Å²) in [5, 5.41) is 0. The third-order valence-electron chi connectivity index (χ3n) is 2.85. The van der Waals surface area contributed by atoms with Crippen LogP contribution in [0.1, 0.15) is 25.7 Å². The Morgan fingerprint density at radius 2 is 2.13 bits per heavy atom. The van der Waals surface area contributed by atoms with E-state index in [0.29, 0.717) is 6.04 Å². The van der Waals surface area contributed by atoms with Gasteiger partial charge in [0.1, 0.15) is 0 Å². The number of rotatable bonds is 2. The first-order valence-corrected chi connectivity index (χ1v) is 5.06. The maximum atomic E-state index is 5.93. The van der Waals surface area contributed by atoms with Crippen molar-refractivity contribution in [1.82, 2.24) is 9.55 Å². The Morgan fingerprint density at radius 1 is 1.33 bits per heavy atom. The van der Waals surface area contributed by atoms with Crippen molar-refractivity contribution in [3.8, 4) is 0 Å². The zero-order valence-corrected chi connectivity index (χ0v) is 10.3. The Morgan fingerprint density at radius 3 is 2.73 bits per heavy atom. The van der Waals surface area contributed by atoms with Crippen LogP contribution in [0.3, 0.4) is 0 Å². The van der Waals surface area contributed by atoms with Crippen LogP contribution < -0.4 is 5.73 Å². The van der Waals surface area contributed by atoms with E-state index in [1.165, 1.54) is 25.7 Å². The zero-order valence-electron chi connectivity index (χ0n) is 8.71. The Kier molecular flexibility index (Phi) is 6.98. The van der Waals surface area contributed by atoms with E-state index >= 15 is 0 Å². The topological polar surface area (TPSA) is 43.8 Å². The normalized spacial score (nSPS) is 25.1. The van der Waals surface area contributed by atoms with E-state index in [4.69, 9.17) is 5.73 Å². The minimum Gasteiger partial charge on any atom is -0.337 e. The first-order valence-electron chi connectivity index (χ1n) is 5.06. The molecule has 0 radical (unpaired) electrons. The highest BCUT2D eigenvalue weighted by Gasteiger charge is 2.18. The average molecular weight is 252 g/mol. The van der Waals surface area contributed by atoms with E-state index in [2.05, 4.69) is 9.55 Å². The Bertz CT molecular complexity index is 251. The van der Waals surface area contributed by atoms with Gasteiger partial charge in [-0.25, -0.2) is 4.98 Å². The molecule has 0 saturated heterocycles. The van der Waals surface area contributed by atoms with Gasteiger partial charge in [0.15, 0.2) is 0 Å². The molecule has 1 saturated carbocycles. The summed E-state index contributed by atoms with van der Waals surface area (Å²) in [4.78, 5) is 4.04. The van der Waals surface area contributed by atoms with Gasteiger partial charge in [-0.05, 0) is 25.2 Å². The largest absolute Gasteiger partial charge is 0.337 e. The van der Waals surface area contributed by atoms with Crippen molar-refractivity contribution < 1.29 is 0 Å². The SMILES string of the molecule is Cl.Cl.NC1CCCC(Cn2ccnc2)C1. The molecule has 0 amide bonds. The smallest absolute Gasteiger partial charge is 0.0945 e. The molecule has 2 N–H and O–H groups in total. The third-order valence-corrected chi connectivity index (χ3v) is 2.85. The van der Waals surface area contributed by atoms with Crippen molar-refractivity contribution in [2.75, 3.05) is 0 Å². The van der Waals surface area contributed by atoms with E-state index in [0.717, 1.165) is 12.5 Å². The molecule has 0 aliphatic heterocycles. The molecule has 0 spiro atoms. The third kappa shape index (κ3) is 4.41. The lowest BCUT2D eigenvalue weighted by Gasteiger charge is -2.26. The summed E-state index contributed by atoms with van der Waals surface area (Å²) < 4.78 is 2.16. The molecule has 1 aromatic rings. The number of hydrogen-bond acceptors (Lipinski definition) is 2. The van der Waals surface area contributed by atoms with Crippen LogP contribution >= 0.6 is 24.8 Å². The molecule has 1 heterocycles. The van der Waals surface area contributed by atoms with E-state index in [1.807, 2.05) is 18.7 Å². The standard InChI is InChI=1S/C10H17N3.2ClH/c11-10-3-1-2-9(6-10)7-13-5-4-12-8-13;;/h4-5,8-10H,1-3,6-7,11H2;2*1H. The van der Waals surface area contributed by atoms with Crippen LogP contribution in [0.2, 0.25) is 0 Å². The second-order valence-corrected chi connectivity index (χ2v) is 4.05. The van der Waals surface area contributed by atoms with Crippen molar-refractivity contribution in [2.45, 2.75) is 38.3 Å². The van der Waals surface area contributed by atoms with E-state index < -0.39 is 0 Å². The number of imidazole rings is 1. The van der Waals surface area contributed by atoms with E-state index in [-0.39, 0.29) is 24.8 Å². The first-order chi connectivity index (χ1) is 6.34. The number of hydrogen-bond donors (Lipinski definition) is 1. The van der Waals surface area contributed by atoms with Gasteiger partial charge >= 0.3 is 0 Å². The van der Waals surface area contributed by atoms with Crippen LogP contribution in [-0.2, 0) is 6.54 Å². The van der Waals surface area contributed by atoms with Gasteiger partial charge in [-0.1, -0.05) is 6.42 Å². The molecular weight excluding hydrogens is 233 g/mol. The monoisotopic (exact) mass is 251 g/mol. The molecule has 5 heteroatoms. The fraction of sp³-hybridized carbons (Fsp3) is 0.700. The first kappa shape index (κ1) is 14.8. The predicted molar refractivity (Wildman–Crippen MR) is 66.7 cm³/mol. The summed E-state index contributed by atoms with van der Waals surface area (Å²) >= 11 is 0. The molecule has 2 unspecified atom stereocenters. The molecule has 0 aromatic carbocycles. The minimum atomic E-state index is 0. The van der Waals surface area contributed by atoms with Crippen molar-refractivity contribution >= 4 is 24.8 Å². The van der Waals surface area contributed by atoms with Gasteiger partial charge in [0.25, 0.3) is 0 Å². The molecule has 3 nitrogen and oxygen atoms in total. The lowest BCUT2D eigenvalue weighted by molar-refractivity contribution is 0.290. The summed E-state index contributed by atoms with van der Waals surface area (Å²) in [6.45, 7) is 1.09. The molecule has 1 aromatic heterocycles. The van der Waals surface area contributed by atoms with Crippen LogP contribution in [-0.4, -0.2) is 15.6 Å². The van der Waals surface area contributed by atoms with Crippen molar-refractivity contribution in [3.63, 3.8) is 0 Å². The van der Waals surface area contributed by atoms with Gasteiger partial charge in [0.2, 0.25) is 0 Å². The quantitative estimate of drug-likeness (QED) is 0.877. The van der Waals surface area contributed by atoms with Gasteiger partial charge in [0, 0.05) is 25.0 Å². The fourth-order valence-electron chi connectivity index (χ4n) is 2.19. The molecule has 1 aliphatic rings. The number of nitrogens with two attached hydrogens (primary N) is 1. The Hall–Kier alpha value is -0.250. The van der Waals surface area contributed by atoms with Gasteiger partial charge < -0.3 is 10.3 Å². The molecule has 88 valence electrons. The lowest BCUT2D eigenvalue weighted by atomic mass is 9.86. The van der Waals surface area contributed by atoms with Crippen LogP contribution in [0.4, 0.5) is 0 Å². The molecular formula is C10H19Cl2N3. The average Bonchev–Trinajstić information content (AvgIpc) is 2.57. The highest BCUT2D eigenvalue weighted by atomic mass is 35.5.